The van der Waals surface area contributed by atoms with Crippen molar-refractivity contribution in [2.45, 2.75) is 49.8 Å². The minimum atomic E-state index is -3.93. The van der Waals surface area contributed by atoms with Crippen molar-refractivity contribution in [1.82, 2.24) is 9.62 Å². The van der Waals surface area contributed by atoms with Crippen LogP contribution in [-0.4, -0.2) is 73.8 Å². The van der Waals surface area contributed by atoms with E-state index in [1.165, 1.54) is 23.5 Å². The molecule has 10 heteroatoms. The van der Waals surface area contributed by atoms with Crippen LogP contribution in [0.5, 0.6) is 5.75 Å². The number of nitrogens with one attached hydrogen (secondary N) is 1. The van der Waals surface area contributed by atoms with E-state index in [1.807, 2.05) is 44.2 Å². The van der Waals surface area contributed by atoms with Crippen LogP contribution < -0.4 is 15.8 Å². The third kappa shape index (κ3) is 8.59. The fraction of sp³-hybridized carbons (Fsp3) is 0.480. The van der Waals surface area contributed by atoms with Crippen LogP contribution in [0.4, 0.5) is 0 Å². The highest BCUT2D eigenvalue weighted by Gasteiger charge is 2.32. The molecule has 35 heavy (non-hydrogen) atoms. The standard InChI is InChI=1S/C25H37N3O6S/c1-18(2)16-28(35(32,33)21-11-9-20(34-3)10-12-21)17-24(30)23(15-19-7-5-4-6-8-19)27-25(31)22(26)13-14-29/h4-12,18,22-24,29-30H,13-17,26H2,1-3H3,(H,27,31)/t22-,23-,24+/m0/s1. The second-order valence-electron chi connectivity index (χ2n) is 8.88. The number of carbonyl (C=O) groups is 1. The first kappa shape index (κ1) is 28.7. The lowest BCUT2D eigenvalue weighted by molar-refractivity contribution is -0.124. The minimum absolute atomic E-state index is 0.00429. The Morgan fingerprint density at radius 2 is 1.71 bits per heavy atom. The Morgan fingerprint density at radius 3 is 2.26 bits per heavy atom. The summed E-state index contributed by atoms with van der Waals surface area (Å²) >= 11 is 0. The number of rotatable bonds is 14. The first-order chi connectivity index (χ1) is 16.6. The molecule has 2 aromatic carbocycles. The van der Waals surface area contributed by atoms with E-state index in [4.69, 9.17) is 15.6 Å². The molecule has 0 fully saturated rings. The molecule has 9 nitrogen and oxygen atoms in total. The Balaban J connectivity index is 2.31. The Bertz CT molecular complexity index is 1020. The predicted octanol–water partition coefficient (Wildman–Crippen LogP) is 1.14. The van der Waals surface area contributed by atoms with Crippen molar-refractivity contribution >= 4 is 15.9 Å². The van der Waals surface area contributed by atoms with Crippen molar-refractivity contribution in [3.63, 3.8) is 0 Å². The number of carbonyl (C=O) groups excluding carboxylic acids is 1. The van der Waals surface area contributed by atoms with Crippen LogP contribution >= 0.6 is 0 Å². The number of hydrogen-bond donors (Lipinski definition) is 4. The summed E-state index contributed by atoms with van der Waals surface area (Å²) in [6, 6.07) is 13.6. The highest BCUT2D eigenvalue weighted by Crippen LogP contribution is 2.21. The lowest BCUT2D eigenvalue weighted by Gasteiger charge is -2.31. The Labute approximate surface area is 208 Å². The number of aliphatic hydroxyl groups excluding tert-OH is 2. The van der Waals surface area contributed by atoms with E-state index in [0.717, 1.165) is 5.56 Å². The summed E-state index contributed by atoms with van der Waals surface area (Å²) in [5.74, 6) is 0.00654. The number of methoxy groups -OCH3 is 1. The maximum Gasteiger partial charge on any atom is 0.243 e. The number of nitrogens with zero attached hydrogens (tertiary/aromatic N) is 1. The van der Waals surface area contributed by atoms with Gasteiger partial charge in [-0.05, 0) is 48.6 Å². The van der Waals surface area contributed by atoms with E-state index in [1.54, 1.807) is 12.1 Å². The summed E-state index contributed by atoms with van der Waals surface area (Å²) in [6.07, 6.45) is -0.865. The maximum absolute atomic E-state index is 13.4. The van der Waals surface area contributed by atoms with Crippen LogP contribution in [0, 0.1) is 5.92 Å². The first-order valence-electron chi connectivity index (χ1n) is 11.6. The lowest BCUT2D eigenvalue weighted by atomic mass is 10.00. The summed E-state index contributed by atoms with van der Waals surface area (Å²) < 4.78 is 33.2. The van der Waals surface area contributed by atoms with Gasteiger partial charge in [0, 0.05) is 19.7 Å². The zero-order valence-corrected chi connectivity index (χ0v) is 21.3. The van der Waals surface area contributed by atoms with Crippen LogP contribution in [0.2, 0.25) is 0 Å². The number of benzene rings is 2. The zero-order valence-electron chi connectivity index (χ0n) is 20.5. The third-order valence-electron chi connectivity index (χ3n) is 5.52. The molecule has 0 spiro atoms. The zero-order chi connectivity index (χ0) is 26.0. The van der Waals surface area contributed by atoms with E-state index in [-0.39, 0.29) is 43.4 Å². The lowest BCUT2D eigenvalue weighted by Crippen LogP contribution is -2.54. The highest BCUT2D eigenvalue weighted by atomic mass is 32.2. The fourth-order valence-corrected chi connectivity index (χ4v) is 5.24. The predicted molar refractivity (Wildman–Crippen MR) is 134 cm³/mol. The third-order valence-corrected chi connectivity index (χ3v) is 7.37. The monoisotopic (exact) mass is 507 g/mol. The molecular weight excluding hydrogens is 470 g/mol. The van der Waals surface area contributed by atoms with E-state index < -0.39 is 34.1 Å². The van der Waals surface area contributed by atoms with Crippen LogP contribution in [0.15, 0.2) is 59.5 Å². The van der Waals surface area contributed by atoms with Gasteiger partial charge in [-0.1, -0.05) is 44.2 Å². The van der Waals surface area contributed by atoms with Crippen molar-refractivity contribution in [1.29, 1.82) is 0 Å². The Kier molecular flexibility index (Phi) is 11.1. The first-order valence-corrected chi connectivity index (χ1v) is 13.1. The van der Waals surface area contributed by atoms with Gasteiger partial charge in [0.25, 0.3) is 0 Å². The molecule has 194 valence electrons. The van der Waals surface area contributed by atoms with E-state index in [0.29, 0.717) is 5.75 Å². The van der Waals surface area contributed by atoms with Crippen molar-refractivity contribution in [3.05, 3.63) is 60.2 Å². The normalized spacial score (nSPS) is 14.5. The minimum Gasteiger partial charge on any atom is -0.497 e. The van der Waals surface area contributed by atoms with Gasteiger partial charge in [-0.25, -0.2) is 8.42 Å². The van der Waals surface area contributed by atoms with Crippen LogP contribution in [0.1, 0.15) is 25.8 Å². The molecular formula is C25H37N3O6S. The molecule has 0 aliphatic heterocycles. The van der Waals surface area contributed by atoms with Gasteiger partial charge < -0.3 is 26.0 Å². The molecule has 0 bridgehead atoms. The molecule has 0 aliphatic carbocycles. The highest BCUT2D eigenvalue weighted by molar-refractivity contribution is 7.89. The van der Waals surface area contributed by atoms with Gasteiger partial charge in [0.05, 0.1) is 30.2 Å². The van der Waals surface area contributed by atoms with Gasteiger partial charge in [0.2, 0.25) is 15.9 Å². The molecule has 0 aromatic heterocycles. The van der Waals surface area contributed by atoms with Gasteiger partial charge in [-0.2, -0.15) is 4.31 Å². The summed E-state index contributed by atoms with van der Waals surface area (Å²) in [4.78, 5) is 12.7. The Hall–Kier alpha value is -2.50. The van der Waals surface area contributed by atoms with Crippen LogP contribution in [-0.2, 0) is 21.2 Å². The number of sulfonamides is 1. The van der Waals surface area contributed by atoms with Gasteiger partial charge in [-0.3, -0.25) is 4.79 Å². The van der Waals surface area contributed by atoms with Gasteiger partial charge in [-0.15, -0.1) is 0 Å². The summed E-state index contributed by atoms with van der Waals surface area (Å²) in [7, 11) is -2.43. The number of nitrogens with two attached hydrogens (primary N) is 1. The molecule has 0 radical (unpaired) electrons. The van der Waals surface area contributed by atoms with Crippen LogP contribution in [0.3, 0.4) is 0 Å². The molecule has 5 N–H and O–H groups in total. The van der Waals surface area contributed by atoms with E-state index in [9.17, 15) is 18.3 Å². The average molecular weight is 508 g/mol. The van der Waals surface area contributed by atoms with Crippen molar-refractivity contribution in [2.75, 3.05) is 26.8 Å². The molecule has 0 aliphatic rings. The van der Waals surface area contributed by atoms with Crippen molar-refractivity contribution in [2.24, 2.45) is 11.7 Å². The second kappa shape index (κ2) is 13.6. The summed E-state index contributed by atoms with van der Waals surface area (Å²) in [5.41, 5.74) is 6.70. The number of hydrogen-bond acceptors (Lipinski definition) is 7. The summed E-state index contributed by atoms with van der Waals surface area (Å²) in [6.45, 7) is 3.49. The Morgan fingerprint density at radius 1 is 1.09 bits per heavy atom. The quantitative estimate of drug-likeness (QED) is 0.300. The van der Waals surface area contributed by atoms with Gasteiger partial charge in [0.15, 0.2) is 0 Å². The number of ether oxygens (including phenoxy) is 1. The largest absolute Gasteiger partial charge is 0.497 e. The van der Waals surface area contributed by atoms with Crippen LogP contribution in [0.25, 0.3) is 0 Å². The second-order valence-corrected chi connectivity index (χ2v) is 10.8. The number of amides is 1. The maximum atomic E-state index is 13.4. The molecule has 1 amide bonds. The molecule has 2 aromatic rings. The fourth-order valence-electron chi connectivity index (χ4n) is 3.62. The molecule has 0 heterocycles. The topological polar surface area (TPSA) is 142 Å². The van der Waals surface area contributed by atoms with E-state index in [2.05, 4.69) is 5.32 Å². The number of aliphatic hydroxyl groups is 2. The van der Waals surface area contributed by atoms with Crippen molar-refractivity contribution in [3.8, 4) is 5.75 Å². The van der Waals surface area contributed by atoms with Gasteiger partial charge in [0.1, 0.15) is 5.75 Å². The molecule has 3 atom stereocenters. The molecule has 0 saturated carbocycles. The molecule has 2 rings (SSSR count). The van der Waals surface area contributed by atoms with Crippen molar-refractivity contribution < 1.29 is 28.2 Å². The van der Waals surface area contributed by atoms with Gasteiger partial charge >= 0.3 is 0 Å². The average Bonchev–Trinajstić information content (AvgIpc) is 2.83. The van der Waals surface area contributed by atoms with E-state index >= 15 is 0 Å². The SMILES string of the molecule is COc1ccc(S(=O)(=O)N(CC(C)C)C[C@@H](O)[C@H](Cc2ccccc2)NC(=O)[C@@H](N)CCO)cc1. The molecule has 0 unspecified atom stereocenters. The summed E-state index contributed by atoms with van der Waals surface area (Å²) in [5, 5.41) is 23.0. The smallest absolute Gasteiger partial charge is 0.243 e. The molecule has 0 saturated heterocycles.